The second kappa shape index (κ2) is 6.31. The number of hydrogen-bond acceptors (Lipinski definition) is 2. The SMILES string of the molecule is CCNC(c1ccc2c(c1)CCCO2)c1ccccc1C. The minimum atomic E-state index is 0.253. The van der Waals surface area contributed by atoms with E-state index in [0.29, 0.717) is 0 Å². The molecule has 0 spiro atoms. The maximum atomic E-state index is 5.73. The molecule has 110 valence electrons. The third-order valence-corrected chi connectivity index (χ3v) is 4.17. The quantitative estimate of drug-likeness (QED) is 0.914. The van der Waals surface area contributed by atoms with E-state index in [1.165, 1.54) is 22.3 Å². The van der Waals surface area contributed by atoms with Gasteiger partial charge in [-0.25, -0.2) is 0 Å². The Morgan fingerprint density at radius 3 is 2.86 bits per heavy atom. The van der Waals surface area contributed by atoms with Gasteiger partial charge in [0.2, 0.25) is 0 Å². The molecule has 0 saturated heterocycles. The Hall–Kier alpha value is -1.80. The van der Waals surface area contributed by atoms with Crippen LogP contribution in [0.4, 0.5) is 0 Å². The Balaban J connectivity index is 1.99. The smallest absolute Gasteiger partial charge is 0.122 e. The summed E-state index contributed by atoms with van der Waals surface area (Å²) >= 11 is 0. The average molecular weight is 281 g/mol. The third-order valence-electron chi connectivity index (χ3n) is 4.17. The van der Waals surface area contributed by atoms with Crippen molar-refractivity contribution >= 4 is 0 Å². The number of ether oxygens (including phenoxy) is 1. The summed E-state index contributed by atoms with van der Waals surface area (Å²) in [4.78, 5) is 0. The monoisotopic (exact) mass is 281 g/mol. The van der Waals surface area contributed by atoms with Gasteiger partial charge in [-0.2, -0.15) is 0 Å². The zero-order valence-corrected chi connectivity index (χ0v) is 12.9. The molecule has 1 N–H and O–H groups in total. The van der Waals surface area contributed by atoms with Gasteiger partial charge in [0, 0.05) is 0 Å². The molecule has 0 radical (unpaired) electrons. The summed E-state index contributed by atoms with van der Waals surface area (Å²) in [7, 11) is 0. The van der Waals surface area contributed by atoms with E-state index < -0.39 is 0 Å². The Labute approximate surface area is 127 Å². The van der Waals surface area contributed by atoms with Crippen LogP contribution in [0, 0.1) is 6.92 Å². The lowest BCUT2D eigenvalue weighted by Gasteiger charge is -2.24. The van der Waals surface area contributed by atoms with Crippen LogP contribution in [0.5, 0.6) is 5.75 Å². The first-order valence-electron chi connectivity index (χ1n) is 7.84. The molecule has 0 aliphatic carbocycles. The normalized spacial score (nSPS) is 15.1. The van der Waals surface area contributed by atoms with E-state index in [0.717, 1.165) is 31.7 Å². The molecule has 2 aromatic carbocycles. The predicted octanol–water partition coefficient (Wildman–Crippen LogP) is 4.02. The van der Waals surface area contributed by atoms with E-state index in [-0.39, 0.29) is 6.04 Å². The van der Waals surface area contributed by atoms with Crippen molar-refractivity contribution in [3.8, 4) is 5.75 Å². The van der Waals surface area contributed by atoms with Gasteiger partial charge in [0.1, 0.15) is 5.75 Å². The van der Waals surface area contributed by atoms with Gasteiger partial charge < -0.3 is 10.1 Å². The van der Waals surface area contributed by atoms with E-state index in [2.05, 4.69) is 61.6 Å². The second-order valence-electron chi connectivity index (χ2n) is 5.67. The van der Waals surface area contributed by atoms with Gasteiger partial charge in [0.25, 0.3) is 0 Å². The van der Waals surface area contributed by atoms with Crippen LogP contribution < -0.4 is 10.1 Å². The molecule has 21 heavy (non-hydrogen) atoms. The van der Waals surface area contributed by atoms with Gasteiger partial charge in [-0.15, -0.1) is 0 Å². The lowest BCUT2D eigenvalue weighted by molar-refractivity contribution is 0.288. The van der Waals surface area contributed by atoms with Crippen LogP contribution in [0.1, 0.15) is 41.6 Å². The van der Waals surface area contributed by atoms with E-state index in [1.807, 2.05) is 0 Å². The van der Waals surface area contributed by atoms with E-state index >= 15 is 0 Å². The Bertz CT molecular complexity index is 621. The first-order valence-corrected chi connectivity index (χ1v) is 7.84. The number of aryl methyl sites for hydroxylation is 2. The summed E-state index contributed by atoms with van der Waals surface area (Å²) in [5.41, 5.74) is 5.36. The van der Waals surface area contributed by atoms with Crippen LogP contribution in [0.25, 0.3) is 0 Å². The van der Waals surface area contributed by atoms with Crippen molar-refractivity contribution in [3.05, 3.63) is 64.7 Å². The minimum absolute atomic E-state index is 0.253. The van der Waals surface area contributed by atoms with Crippen LogP contribution >= 0.6 is 0 Å². The van der Waals surface area contributed by atoms with Crippen molar-refractivity contribution in [2.45, 2.75) is 32.7 Å². The van der Waals surface area contributed by atoms with Crippen LogP contribution in [0.2, 0.25) is 0 Å². The van der Waals surface area contributed by atoms with Crippen LogP contribution in [0.3, 0.4) is 0 Å². The minimum Gasteiger partial charge on any atom is -0.493 e. The summed E-state index contributed by atoms with van der Waals surface area (Å²) in [6.07, 6.45) is 2.24. The van der Waals surface area contributed by atoms with Gasteiger partial charge in [0.05, 0.1) is 12.6 Å². The van der Waals surface area contributed by atoms with Crippen LogP contribution in [-0.4, -0.2) is 13.2 Å². The maximum Gasteiger partial charge on any atom is 0.122 e. The molecule has 2 aromatic rings. The summed E-state index contributed by atoms with van der Waals surface area (Å²) in [6, 6.07) is 15.5. The standard InChI is InChI=1S/C19H23NO/c1-3-20-19(17-9-5-4-7-14(17)2)16-10-11-18-15(13-16)8-6-12-21-18/h4-5,7,9-11,13,19-20H,3,6,8,12H2,1-2H3. The summed E-state index contributed by atoms with van der Waals surface area (Å²) in [5, 5.41) is 3.62. The Morgan fingerprint density at radius 1 is 1.19 bits per heavy atom. The first kappa shape index (κ1) is 14.2. The van der Waals surface area contributed by atoms with E-state index in [4.69, 9.17) is 4.74 Å². The first-order chi connectivity index (χ1) is 10.3. The summed E-state index contributed by atoms with van der Waals surface area (Å²) in [6.45, 7) is 6.14. The predicted molar refractivity (Wildman–Crippen MR) is 87.0 cm³/mol. The molecule has 2 heteroatoms. The van der Waals surface area contributed by atoms with E-state index in [1.54, 1.807) is 0 Å². The molecule has 0 saturated carbocycles. The van der Waals surface area contributed by atoms with Crippen molar-refractivity contribution in [2.75, 3.05) is 13.2 Å². The molecule has 0 bridgehead atoms. The third kappa shape index (κ3) is 2.96. The highest BCUT2D eigenvalue weighted by Crippen LogP contribution is 2.31. The summed E-state index contributed by atoms with van der Waals surface area (Å²) in [5.74, 6) is 1.06. The van der Waals surface area contributed by atoms with Gasteiger partial charge >= 0.3 is 0 Å². The fourth-order valence-corrected chi connectivity index (χ4v) is 3.08. The largest absolute Gasteiger partial charge is 0.493 e. The molecule has 1 atom stereocenters. The Morgan fingerprint density at radius 2 is 2.05 bits per heavy atom. The maximum absolute atomic E-state index is 5.73. The molecule has 3 rings (SSSR count). The average Bonchev–Trinajstić information content (AvgIpc) is 2.53. The summed E-state index contributed by atoms with van der Waals surface area (Å²) < 4.78 is 5.73. The highest BCUT2D eigenvalue weighted by molar-refractivity contribution is 5.43. The van der Waals surface area contributed by atoms with Crippen molar-refractivity contribution in [1.82, 2.24) is 5.32 Å². The highest BCUT2D eigenvalue weighted by Gasteiger charge is 2.18. The molecule has 1 unspecified atom stereocenters. The van der Waals surface area contributed by atoms with E-state index in [9.17, 15) is 0 Å². The molecule has 1 aliphatic rings. The van der Waals surface area contributed by atoms with Crippen LogP contribution in [0.15, 0.2) is 42.5 Å². The number of fused-ring (bicyclic) bond motifs is 1. The Kier molecular flexibility index (Phi) is 4.26. The molecule has 2 nitrogen and oxygen atoms in total. The van der Waals surface area contributed by atoms with Crippen molar-refractivity contribution < 1.29 is 4.74 Å². The molecule has 1 aliphatic heterocycles. The van der Waals surface area contributed by atoms with Crippen molar-refractivity contribution in [3.63, 3.8) is 0 Å². The number of benzene rings is 2. The van der Waals surface area contributed by atoms with Gasteiger partial charge in [-0.05, 0) is 54.6 Å². The molecule has 0 aromatic heterocycles. The lowest BCUT2D eigenvalue weighted by atomic mass is 9.92. The number of nitrogens with one attached hydrogen (secondary N) is 1. The zero-order valence-electron chi connectivity index (χ0n) is 12.9. The fraction of sp³-hybridized carbons (Fsp3) is 0.368. The second-order valence-corrected chi connectivity index (χ2v) is 5.67. The molecule has 1 heterocycles. The highest BCUT2D eigenvalue weighted by atomic mass is 16.5. The van der Waals surface area contributed by atoms with Gasteiger partial charge in [0.15, 0.2) is 0 Å². The topological polar surface area (TPSA) is 21.3 Å². The zero-order chi connectivity index (χ0) is 14.7. The lowest BCUT2D eigenvalue weighted by Crippen LogP contribution is -2.23. The molecule has 0 fully saturated rings. The fourth-order valence-electron chi connectivity index (χ4n) is 3.08. The van der Waals surface area contributed by atoms with Crippen molar-refractivity contribution in [2.24, 2.45) is 0 Å². The number of hydrogen-bond donors (Lipinski definition) is 1. The van der Waals surface area contributed by atoms with Crippen molar-refractivity contribution in [1.29, 1.82) is 0 Å². The molecular formula is C19H23NO. The van der Waals surface area contributed by atoms with Gasteiger partial charge in [-0.3, -0.25) is 0 Å². The molecule has 0 amide bonds. The van der Waals surface area contributed by atoms with Gasteiger partial charge in [-0.1, -0.05) is 43.3 Å². The molecular weight excluding hydrogens is 258 g/mol. The van der Waals surface area contributed by atoms with Crippen LogP contribution in [-0.2, 0) is 6.42 Å². The number of rotatable bonds is 4.